The van der Waals surface area contributed by atoms with Gasteiger partial charge in [-0.25, -0.2) is 0 Å². The number of amides is 1. The van der Waals surface area contributed by atoms with Gasteiger partial charge in [0.15, 0.2) is 0 Å². The Morgan fingerprint density at radius 1 is 1.44 bits per heavy atom. The monoisotopic (exact) mass is 252 g/mol. The first-order valence-corrected chi connectivity index (χ1v) is 6.98. The van der Waals surface area contributed by atoms with E-state index in [-0.39, 0.29) is 18.6 Å². The van der Waals surface area contributed by atoms with Gasteiger partial charge in [-0.15, -0.1) is 0 Å². The fourth-order valence-electron chi connectivity index (χ4n) is 2.92. The van der Waals surface area contributed by atoms with Crippen molar-refractivity contribution >= 4 is 5.91 Å². The molecule has 0 unspecified atom stereocenters. The van der Waals surface area contributed by atoms with Crippen molar-refractivity contribution in [3.63, 3.8) is 0 Å². The molecule has 18 heavy (non-hydrogen) atoms. The van der Waals surface area contributed by atoms with Crippen LogP contribution in [0.25, 0.3) is 0 Å². The van der Waals surface area contributed by atoms with Gasteiger partial charge in [0, 0.05) is 6.54 Å². The third-order valence-corrected chi connectivity index (χ3v) is 3.83. The van der Waals surface area contributed by atoms with Gasteiger partial charge in [-0.3, -0.25) is 4.79 Å². The molecule has 1 rings (SSSR count). The average Bonchev–Trinajstić information content (AvgIpc) is 2.85. The Balaban J connectivity index is 2.91. The summed E-state index contributed by atoms with van der Waals surface area (Å²) in [4.78, 5) is 14.4. The topological polar surface area (TPSA) is 64.3 Å². The largest absolute Gasteiger partial charge is 0.394 e. The molecule has 0 aromatic rings. The summed E-state index contributed by atoms with van der Waals surface area (Å²) in [5, 5.41) is 18.8. The van der Waals surface area contributed by atoms with Crippen molar-refractivity contribution < 1.29 is 9.90 Å². The molecule has 0 aliphatic carbocycles. The van der Waals surface area contributed by atoms with Crippen LogP contribution in [-0.4, -0.2) is 35.1 Å². The van der Waals surface area contributed by atoms with E-state index in [4.69, 9.17) is 0 Å². The third kappa shape index (κ3) is 2.84. The Labute approximate surface area is 110 Å². The lowest BCUT2D eigenvalue weighted by molar-refractivity contribution is -0.141. The number of aliphatic hydroxyl groups excluding tert-OH is 1. The minimum absolute atomic E-state index is 0.00545. The number of nitriles is 1. The van der Waals surface area contributed by atoms with Gasteiger partial charge in [-0.05, 0) is 25.7 Å². The third-order valence-electron chi connectivity index (χ3n) is 3.83. The van der Waals surface area contributed by atoms with E-state index in [2.05, 4.69) is 6.07 Å². The van der Waals surface area contributed by atoms with Crippen molar-refractivity contribution in [1.29, 1.82) is 5.26 Å². The van der Waals surface area contributed by atoms with E-state index in [1.165, 1.54) is 0 Å². The second-order valence-corrected chi connectivity index (χ2v) is 5.17. The van der Waals surface area contributed by atoms with Crippen molar-refractivity contribution in [3.05, 3.63) is 0 Å². The molecule has 1 amide bonds. The van der Waals surface area contributed by atoms with Crippen molar-refractivity contribution in [2.45, 2.75) is 58.4 Å². The van der Waals surface area contributed by atoms with Crippen LogP contribution in [0.3, 0.4) is 0 Å². The van der Waals surface area contributed by atoms with Crippen LogP contribution in [0.15, 0.2) is 0 Å². The number of nitrogens with zero attached hydrogens (tertiary/aromatic N) is 2. The molecule has 0 bridgehead atoms. The first kappa shape index (κ1) is 15.0. The number of rotatable bonds is 6. The van der Waals surface area contributed by atoms with Crippen LogP contribution in [0.5, 0.6) is 0 Å². The maximum absolute atomic E-state index is 12.6. The minimum atomic E-state index is -0.874. The zero-order valence-electron chi connectivity index (χ0n) is 11.5. The molecule has 1 aliphatic rings. The summed E-state index contributed by atoms with van der Waals surface area (Å²) in [5.41, 5.74) is -0.874. The second-order valence-electron chi connectivity index (χ2n) is 5.17. The van der Waals surface area contributed by atoms with Crippen molar-refractivity contribution in [2.75, 3.05) is 13.2 Å². The lowest BCUT2D eigenvalue weighted by atomic mass is 9.79. The molecule has 1 saturated heterocycles. The van der Waals surface area contributed by atoms with Gasteiger partial charge in [0.05, 0.1) is 18.7 Å². The SMILES string of the molecule is CCCC(C#N)(CCC)C(=O)N1CCC[C@H]1CO. The molecule has 0 aromatic heterocycles. The molecule has 4 heteroatoms. The molecule has 0 aromatic carbocycles. The number of carbonyl (C=O) groups excluding carboxylic acids is 1. The highest BCUT2D eigenvalue weighted by atomic mass is 16.3. The molecule has 1 heterocycles. The van der Waals surface area contributed by atoms with Gasteiger partial charge < -0.3 is 10.0 Å². The molecular formula is C14H24N2O2. The zero-order valence-corrected chi connectivity index (χ0v) is 11.5. The number of carbonyl (C=O) groups is 1. The summed E-state index contributed by atoms with van der Waals surface area (Å²) in [6.45, 7) is 4.69. The quantitative estimate of drug-likeness (QED) is 0.787. The summed E-state index contributed by atoms with van der Waals surface area (Å²) in [5.74, 6) is -0.0646. The van der Waals surface area contributed by atoms with Gasteiger partial charge in [-0.1, -0.05) is 26.7 Å². The number of hydrogen-bond acceptors (Lipinski definition) is 3. The molecule has 102 valence electrons. The van der Waals surface area contributed by atoms with Crippen LogP contribution in [0.1, 0.15) is 52.4 Å². The van der Waals surface area contributed by atoms with Crippen LogP contribution >= 0.6 is 0 Å². The minimum Gasteiger partial charge on any atom is -0.394 e. The Morgan fingerprint density at radius 3 is 2.50 bits per heavy atom. The summed E-state index contributed by atoms with van der Waals surface area (Å²) in [6.07, 6.45) is 4.67. The van der Waals surface area contributed by atoms with E-state index < -0.39 is 5.41 Å². The fraction of sp³-hybridized carbons (Fsp3) is 0.857. The Hall–Kier alpha value is -1.08. The maximum Gasteiger partial charge on any atom is 0.243 e. The molecule has 1 atom stereocenters. The number of aliphatic hydroxyl groups is 1. The molecular weight excluding hydrogens is 228 g/mol. The van der Waals surface area contributed by atoms with Crippen LogP contribution in [0.4, 0.5) is 0 Å². The normalized spacial score (nSPS) is 19.9. The fourth-order valence-corrected chi connectivity index (χ4v) is 2.92. The van der Waals surface area contributed by atoms with Crippen molar-refractivity contribution in [1.82, 2.24) is 4.90 Å². The van der Waals surface area contributed by atoms with Crippen LogP contribution in [0, 0.1) is 16.7 Å². The Bertz CT molecular complexity index is 316. The lowest BCUT2D eigenvalue weighted by Crippen LogP contribution is -2.46. The number of hydrogen-bond donors (Lipinski definition) is 1. The summed E-state index contributed by atoms with van der Waals surface area (Å²) in [6, 6.07) is 2.18. The highest BCUT2D eigenvalue weighted by molar-refractivity contribution is 5.86. The summed E-state index contributed by atoms with van der Waals surface area (Å²) in [7, 11) is 0. The van der Waals surface area contributed by atoms with Gasteiger partial charge in [0.25, 0.3) is 0 Å². The lowest BCUT2D eigenvalue weighted by Gasteiger charge is -2.32. The predicted molar refractivity (Wildman–Crippen MR) is 69.7 cm³/mol. The highest BCUT2D eigenvalue weighted by Gasteiger charge is 2.43. The molecule has 4 nitrogen and oxygen atoms in total. The summed E-state index contributed by atoms with van der Waals surface area (Å²) < 4.78 is 0. The van der Waals surface area contributed by atoms with Gasteiger partial charge in [0.2, 0.25) is 5.91 Å². The predicted octanol–water partition coefficient (Wildman–Crippen LogP) is 2.08. The summed E-state index contributed by atoms with van der Waals surface area (Å²) >= 11 is 0. The second kappa shape index (κ2) is 6.75. The molecule has 0 spiro atoms. The van der Waals surface area contributed by atoms with Gasteiger partial charge >= 0.3 is 0 Å². The molecule has 1 aliphatic heterocycles. The van der Waals surface area contributed by atoms with Crippen LogP contribution in [0.2, 0.25) is 0 Å². The molecule has 0 radical (unpaired) electrons. The standard InChI is InChI=1S/C14H24N2O2/c1-3-7-14(11-15,8-4-2)13(18)16-9-5-6-12(16)10-17/h12,17H,3-10H2,1-2H3/t12-/m0/s1. The average molecular weight is 252 g/mol. The zero-order chi connectivity index (χ0) is 13.6. The van der Waals surface area contributed by atoms with E-state index in [0.717, 1.165) is 25.7 Å². The Kier molecular flexibility index (Phi) is 5.61. The van der Waals surface area contributed by atoms with Crippen molar-refractivity contribution in [2.24, 2.45) is 5.41 Å². The van der Waals surface area contributed by atoms with Crippen LogP contribution < -0.4 is 0 Å². The molecule has 1 N–H and O–H groups in total. The maximum atomic E-state index is 12.6. The van der Waals surface area contributed by atoms with Gasteiger partial charge in [-0.2, -0.15) is 5.26 Å². The first-order valence-electron chi connectivity index (χ1n) is 6.98. The van der Waals surface area contributed by atoms with Crippen molar-refractivity contribution in [3.8, 4) is 6.07 Å². The van der Waals surface area contributed by atoms with E-state index in [0.29, 0.717) is 19.4 Å². The number of likely N-dealkylation sites (tertiary alicyclic amines) is 1. The highest BCUT2D eigenvalue weighted by Crippen LogP contribution is 2.34. The van der Waals surface area contributed by atoms with E-state index >= 15 is 0 Å². The smallest absolute Gasteiger partial charge is 0.243 e. The Morgan fingerprint density at radius 2 is 2.06 bits per heavy atom. The first-order chi connectivity index (χ1) is 8.65. The van der Waals surface area contributed by atoms with Crippen LogP contribution in [-0.2, 0) is 4.79 Å². The van der Waals surface area contributed by atoms with E-state index in [1.54, 1.807) is 4.90 Å². The molecule has 1 fully saturated rings. The molecule has 0 saturated carbocycles. The van der Waals surface area contributed by atoms with E-state index in [9.17, 15) is 15.2 Å². The van der Waals surface area contributed by atoms with E-state index in [1.807, 2.05) is 13.8 Å². The van der Waals surface area contributed by atoms with Gasteiger partial charge in [0.1, 0.15) is 5.41 Å².